The Kier molecular flexibility index (Phi) is 6.20. The first-order chi connectivity index (χ1) is 6.83. The normalized spacial score (nSPS) is 27.0. The van der Waals surface area contributed by atoms with Gasteiger partial charge in [0.05, 0.1) is 12.7 Å². The first kappa shape index (κ1) is 12.0. The molecule has 2 heteroatoms. The highest BCUT2D eigenvalue weighted by Crippen LogP contribution is 2.18. The maximum absolute atomic E-state index is 5.77. The summed E-state index contributed by atoms with van der Waals surface area (Å²) in [6, 6.07) is 0.306. The Morgan fingerprint density at radius 1 is 1.14 bits per heavy atom. The minimum absolute atomic E-state index is 0.306. The summed E-state index contributed by atoms with van der Waals surface area (Å²) in [6.45, 7) is 3.04. The number of nitrogens with two attached hydrogens (primary N) is 1. The van der Waals surface area contributed by atoms with Crippen LogP contribution in [-0.4, -0.2) is 18.8 Å². The molecule has 0 aromatic rings. The van der Waals surface area contributed by atoms with Crippen molar-refractivity contribution in [2.24, 2.45) is 5.73 Å². The number of ether oxygens (including phenoxy) is 1. The molecule has 0 amide bonds. The Hall–Kier alpha value is -0.0800. The fourth-order valence-corrected chi connectivity index (χ4v) is 2.09. The van der Waals surface area contributed by atoms with Crippen molar-refractivity contribution >= 4 is 0 Å². The molecule has 1 fully saturated rings. The van der Waals surface area contributed by atoms with Crippen LogP contribution in [0.25, 0.3) is 0 Å². The van der Waals surface area contributed by atoms with E-state index in [0.717, 1.165) is 13.0 Å². The zero-order valence-corrected chi connectivity index (χ0v) is 9.50. The SMILES string of the molecule is CCCCCCCCC1CC(N)CO1. The number of unbranched alkanes of at least 4 members (excludes halogenated alkanes) is 5. The topological polar surface area (TPSA) is 35.2 Å². The number of hydrogen-bond acceptors (Lipinski definition) is 2. The largest absolute Gasteiger partial charge is 0.377 e. The average Bonchev–Trinajstić information content (AvgIpc) is 2.58. The van der Waals surface area contributed by atoms with Crippen LogP contribution in [0.1, 0.15) is 58.3 Å². The van der Waals surface area contributed by atoms with Gasteiger partial charge in [0.25, 0.3) is 0 Å². The van der Waals surface area contributed by atoms with Crippen molar-refractivity contribution in [3.63, 3.8) is 0 Å². The van der Waals surface area contributed by atoms with Gasteiger partial charge in [-0.3, -0.25) is 0 Å². The molecule has 2 unspecified atom stereocenters. The Labute approximate surface area is 88.2 Å². The van der Waals surface area contributed by atoms with Gasteiger partial charge in [0.2, 0.25) is 0 Å². The lowest BCUT2D eigenvalue weighted by atomic mass is 10.0. The summed E-state index contributed by atoms with van der Waals surface area (Å²) in [6.07, 6.45) is 11.0. The van der Waals surface area contributed by atoms with Gasteiger partial charge >= 0.3 is 0 Å². The first-order valence-electron chi connectivity index (χ1n) is 6.20. The Morgan fingerprint density at radius 3 is 2.50 bits per heavy atom. The maximum Gasteiger partial charge on any atom is 0.0622 e. The van der Waals surface area contributed by atoms with E-state index in [1.54, 1.807) is 0 Å². The van der Waals surface area contributed by atoms with Gasteiger partial charge in [-0.25, -0.2) is 0 Å². The summed E-state index contributed by atoms with van der Waals surface area (Å²) in [5, 5.41) is 0. The molecule has 14 heavy (non-hydrogen) atoms. The maximum atomic E-state index is 5.77. The van der Waals surface area contributed by atoms with Gasteiger partial charge in [-0.1, -0.05) is 45.4 Å². The van der Waals surface area contributed by atoms with Crippen molar-refractivity contribution in [3.8, 4) is 0 Å². The van der Waals surface area contributed by atoms with E-state index in [1.807, 2.05) is 0 Å². The lowest BCUT2D eigenvalue weighted by molar-refractivity contribution is 0.100. The molecule has 0 radical (unpaired) electrons. The van der Waals surface area contributed by atoms with Gasteiger partial charge in [0, 0.05) is 6.04 Å². The van der Waals surface area contributed by atoms with E-state index < -0.39 is 0 Å². The van der Waals surface area contributed by atoms with Crippen LogP contribution in [0.15, 0.2) is 0 Å². The van der Waals surface area contributed by atoms with Gasteiger partial charge in [0.1, 0.15) is 0 Å². The molecule has 1 aliphatic heterocycles. The second-order valence-corrected chi connectivity index (χ2v) is 4.51. The van der Waals surface area contributed by atoms with E-state index in [0.29, 0.717) is 12.1 Å². The predicted molar refractivity (Wildman–Crippen MR) is 60.3 cm³/mol. The van der Waals surface area contributed by atoms with E-state index in [1.165, 1.54) is 44.9 Å². The van der Waals surface area contributed by atoms with Gasteiger partial charge in [0.15, 0.2) is 0 Å². The molecule has 0 aromatic heterocycles. The molecule has 2 nitrogen and oxygen atoms in total. The van der Waals surface area contributed by atoms with Crippen LogP contribution < -0.4 is 5.73 Å². The van der Waals surface area contributed by atoms with Gasteiger partial charge in [-0.2, -0.15) is 0 Å². The van der Waals surface area contributed by atoms with Crippen LogP contribution in [0.2, 0.25) is 0 Å². The summed E-state index contributed by atoms with van der Waals surface area (Å²) in [5.41, 5.74) is 5.77. The summed E-state index contributed by atoms with van der Waals surface area (Å²) in [5.74, 6) is 0. The molecule has 1 aliphatic rings. The Bertz CT molecular complexity index is 138. The highest BCUT2D eigenvalue weighted by atomic mass is 16.5. The molecular formula is C12H25NO. The zero-order chi connectivity index (χ0) is 10.2. The lowest BCUT2D eigenvalue weighted by Crippen LogP contribution is -2.19. The summed E-state index contributed by atoms with van der Waals surface area (Å²) in [7, 11) is 0. The number of hydrogen-bond donors (Lipinski definition) is 1. The van der Waals surface area contributed by atoms with Crippen LogP contribution in [0, 0.1) is 0 Å². The van der Waals surface area contributed by atoms with E-state index in [4.69, 9.17) is 10.5 Å². The van der Waals surface area contributed by atoms with Crippen molar-refractivity contribution in [1.82, 2.24) is 0 Å². The summed E-state index contributed by atoms with van der Waals surface area (Å²) in [4.78, 5) is 0. The van der Waals surface area contributed by atoms with Crippen molar-refractivity contribution in [3.05, 3.63) is 0 Å². The highest BCUT2D eigenvalue weighted by Gasteiger charge is 2.21. The molecule has 2 atom stereocenters. The van der Waals surface area contributed by atoms with Gasteiger partial charge in [-0.15, -0.1) is 0 Å². The fraction of sp³-hybridized carbons (Fsp3) is 1.00. The molecule has 0 bridgehead atoms. The van der Waals surface area contributed by atoms with Crippen molar-refractivity contribution in [1.29, 1.82) is 0 Å². The molecule has 1 heterocycles. The molecule has 0 aliphatic carbocycles. The lowest BCUT2D eigenvalue weighted by Gasteiger charge is -2.08. The molecule has 1 rings (SSSR count). The third kappa shape index (κ3) is 4.97. The van der Waals surface area contributed by atoms with Crippen LogP contribution in [0.3, 0.4) is 0 Å². The highest BCUT2D eigenvalue weighted by molar-refractivity contribution is 4.75. The second kappa shape index (κ2) is 7.24. The third-order valence-corrected chi connectivity index (χ3v) is 2.99. The average molecular weight is 199 g/mol. The molecular weight excluding hydrogens is 174 g/mol. The fourth-order valence-electron chi connectivity index (χ4n) is 2.09. The van der Waals surface area contributed by atoms with Crippen LogP contribution in [0.4, 0.5) is 0 Å². The van der Waals surface area contributed by atoms with E-state index in [9.17, 15) is 0 Å². The molecule has 0 aromatic carbocycles. The van der Waals surface area contributed by atoms with E-state index >= 15 is 0 Å². The minimum Gasteiger partial charge on any atom is -0.377 e. The molecule has 1 saturated heterocycles. The third-order valence-electron chi connectivity index (χ3n) is 2.99. The number of rotatable bonds is 7. The van der Waals surface area contributed by atoms with Gasteiger partial charge < -0.3 is 10.5 Å². The first-order valence-corrected chi connectivity index (χ1v) is 6.20. The van der Waals surface area contributed by atoms with Crippen LogP contribution >= 0.6 is 0 Å². The zero-order valence-electron chi connectivity index (χ0n) is 9.50. The van der Waals surface area contributed by atoms with Crippen LogP contribution in [0.5, 0.6) is 0 Å². The Morgan fingerprint density at radius 2 is 1.86 bits per heavy atom. The predicted octanol–water partition coefficient (Wildman–Crippen LogP) is 2.85. The monoisotopic (exact) mass is 199 g/mol. The molecule has 2 N–H and O–H groups in total. The minimum atomic E-state index is 0.306. The molecule has 0 spiro atoms. The summed E-state index contributed by atoms with van der Waals surface area (Å²) >= 11 is 0. The molecule has 84 valence electrons. The van der Waals surface area contributed by atoms with Crippen molar-refractivity contribution < 1.29 is 4.74 Å². The van der Waals surface area contributed by atoms with Crippen molar-refractivity contribution in [2.45, 2.75) is 70.4 Å². The molecule has 0 saturated carbocycles. The summed E-state index contributed by atoms with van der Waals surface area (Å²) < 4.78 is 5.57. The second-order valence-electron chi connectivity index (χ2n) is 4.51. The van der Waals surface area contributed by atoms with Crippen molar-refractivity contribution in [2.75, 3.05) is 6.61 Å². The Balaban J connectivity index is 1.84. The standard InChI is InChI=1S/C12H25NO/c1-2-3-4-5-6-7-8-12-9-11(13)10-14-12/h11-12H,2-10,13H2,1H3. The quantitative estimate of drug-likeness (QED) is 0.640. The van der Waals surface area contributed by atoms with E-state index in [2.05, 4.69) is 6.92 Å². The van der Waals surface area contributed by atoms with Gasteiger partial charge in [-0.05, 0) is 12.8 Å². The van der Waals surface area contributed by atoms with E-state index in [-0.39, 0.29) is 0 Å². The van der Waals surface area contributed by atoms with Crippen LogP contribution in [-0.2, 0) is 4.74 Å². The smallest absolute Gasteiger partial charge is 0.0622 e.